The van der Waals surface area contributed by atoms with Gasteiger partial charge in [0.25, 0.3) is 5.91 Å². The van der Waals surface area contributed by atoms with E-state index < -0.39 is 24.0 Å². The molecule has 4 aromatic rings. The van der Waals surface area contributed by atoms with Gasteiger partial charge in [0.1, 0.15) is 11.0 Å². The number of amides is 1. The Bertz CT molecular complexity index is 1330. The summed E-state index contributed by atoms with van der Waals surface area (Å²) < 4.78 is 0. The normalized spacial score (nSPS) is 12.9. The summed E-state index contributed by atoms with van der Waals surface area (Å²) in [5.74, 6) is -1.83. The van der Waals surface area contributed by atoms with Crippen LogP contribution in [-0.2, 0) is 11.2 Å². The maximum Gasteiger partial charge on any atom is 0.332 e. The molecule has 2 atom stereocenters. The second-order valence-corrected chi connectivity index (χ2v) is 8.21. The summed E-state index contributed by atoms with van der Waals surface area (Å²) in [6, 6.07) is 19.8. The smallest absolute Gasteiger partial charge is 0.332 e. The van der Waals surface area contributed by atoms with Gasteiger partial charge in [-0.15, -0.1) is 5.10 Å². The van der Waals surface area contributed by atoms with Gasteiger partial charge in [0.2, 0.25) is 0 Å². The molecule has 4 rings (SSSR count). The molecule has 0 radical (unpaired) electrons. The fraction of sp³-hybridized carbons (Fsp3) is 0.200. The molecule has 0 saturated heterocycles. The van der Waals surface area contributed by atoms with E-state index in [1.54, 1.807) is 6.07 Å². The molecule has 4 N–H and O–H groups in total. The first-order valence-corrected chi connectivity index (χ1v) is 10.7. The maximum absolute atomic E-state index is 12.9. The molecular formula is C25H24N4O5. The standard InChI is InChI=1S/C25H24N4O5/c1-15-3-2-4-18(11-15)17-7-5-16(6-8-17)12-20(14-23(30)25(32)33)26-24(31)19-9-10-21-22(13-19)29(34)28-27-21/h2-11,13,20,23,30,34H,12,14H2,1H3,(H,26,31)(H,32,33)/t20-,23-/m0/s1. The molecule has 3 aromatic carbocycles. The van der Waals surface area contributed by atoms with Gasteiger partial charge < -0.3 is 20.7 Å². The average Bonchev–Trinajstić information content (AvgIpc) is 3.19. The number of carbonyl (C=O) groups is 2. The Morgan fingerprint density at radius 2 is 1.79 bits per heavy atom. The number of aromatic nitrogens is 3. The molecule has 0 aliphatic carbocycles. The van der Waals surface area contributed by atoms with Gasteiger partial charge in [-0.1, -0.05) is 58.9 Å². The fourth-order valence-electron chi connectivity index (χ4n) is 3.82. The minimum atomic E-state index is -1.62. The summed E-state index contributed by atoms with van der Waals surface area (Å²) in [5, 5.41) is 38.8. The van der Waals surface area contributed by atoms with Crippen molar-refractivity contribution in [3.8, 4) is 11.1 Å². The van der Waals surface area contributed by atoms with Crippen molar-refractivity contribution in [1.82, 2.24) is 20.5 Å². The molecule has 9 nitrogen and oxygen atoms in total. The van der Waals surface area contributed by atoms with Crippen molar-refractivity contribution in [2.24, 2.45) is 0 Å². The van der Waals surface area contributed by atoms with E-state index >= 15 is 0 Å². The van der Waals surface area contributed by atoms with Gasteiger partial charge in [0.05, 0.1) is 0 Å². The molecule has 1 amide bonds. The number of aliphatic hydroxyl groups excluding tert-OH is 1. The van der Waals surface area contributed by atoms with Crippen LogP contribution in [0.25, 0.3) is 22.2 Å². The summed E-state index contributed by atoms with van der Waals surface area (Å²) in [6.07, 6.45) is -1.46. The van der Waals surface area contributed by atoms with Crippen LogP contribution in [0.2, 0.25) is 0 Å². The van der Waals surface area contributed by atoms with E-state index in [1.165, 1.54) is 12.1 Å². The van der Waals surface area contributed by atoms with Crippen molar-refractivity contribution in [2.45, 2.75) is 31.9 Å². The molecule has 0 aliphatic rings. The highest BCUT2D eigenvalue weighted by atomic mass is 16.5. The van der Waals surface area contributed by atoms with E-state index in [1.807, 2.05) is 49.4 Å². The van der Waals surface area contributed by atoms with Gasteiger partial charge in [0, 0.05) is 18.0 Å². The van der Waals surface area contributed by atoms with Gasteiger partial charge in [-0.05, 0) is 53.4 Å². The van der Waals surface area contributed by atoms with Crippen LogP contribution in [-0.4, -0.2) is 54.6 Å². The van der Waals surface area contributed by atoms with Crippen LogP contribution in [0.4, 0.5) is 0 Å². The highest BCUT2D eigenvalue weighted by Crippen LogP contribution is 2.22. The zero-order valence-electron chi connectivity index (χ0n) is 18.4. The summed E-state index contributed by atoms with van der Waals surface area (Å²) in [4.78, 5) is 24.7. The lowest BCUT2D eigenvalue weighted by atomic mass is 9.97. The van der Waals surface area contributed by atoms with Crippen LogP contribution < -0.4 is 5.32 Å². The average molecular weight is 460 g/mol. The number of rotatable bonds is 8. The van der Waals surface area contributed by atoms with Crippen LogP contribution in [0.5, 0.6) is 0 Å². The van der Waals surface area contributed by atoms with E-state index in [4.69, 9.17) is 5.11 Å². The zero-order chi connectivity index (χ0) is 24.2. The van der Waals surface area contributed by atoms with Crippen LogP contribution in [0.1, 0.15) is 27.9 Å². The van der Waals surface area contributed by atoms with Crippen molar-refractivity contribution >= 4 is 22.9 Å². The molecule has 9 heteroatoms. The van der Waals surface area contributed by atoms with Gasteiger partial charge in [0.15, 0.2) is 6.10 Å². The van der Waals surface area contributed by atoms with Gasteiger partial charge >= 0.3 is 5.97 Å². The number of aliphatic carboxylic acids is 1. The Labute approximate surface area is 195 Å². The monoisotopic (exact) mass is 460 g/mol. The molecular weight excluding hydrogens is 436 g/mol. The van der Waals surface area contributed by atoms with Crippen molar-refractivity contribution in [2.75, 3.05) is 0 Å². The SMILES string of the molecule is Cc1cccc(-c2ccc(C[C@@H](C[C@H](O)C(=O)O)NC(=O)c3ccc4nnn(O)c4c3)cc2)c1. The lowest BCUT2D eigenvalue weighted by molar-refractivity contribution is -0.147. The molecule has 1 aromatic heterocycles. The van der Waals surface area contributed by atoms with Crippen LogP contribution >= 0.6 is 0 Å². The number of nitrogens with zero attached hydrogens (tertiary/aromatic N) is 3. The number of carboxylic acid groups (broad SMARTS) is 1. The summed E-state index contributed by atoms with van der Waals surface area (Å²) in [7, 11) is 0. The molecule has 174 valence electrons. The van der Waals surface area contributed by atoms with Crippen molar-refractivity contribution in [1.29, 1.82) is 0 Å². The van der Waals surface area contributed by atoms with E-state index in [0.717, 1.165) is 22.3 Å². The second-order valence-electron chi connectivity index (χ2n) is 8.21. The van der Waals surface area contributed by atoms with Crippen LogP contribution in [0, 0.1) is 6.92 Å². The van der Waals surface area contributed by atoms with Crippen molar-refractivity contribution in [3.63, 3.8) is 0 Å². The van der Waals surface area contributed by atoms with Crippen LogP contribution in [0.15, 0.2) is 66.7 Å². The summed E-state index contributed by atoms with van der Waals surface area (Å²) >= 11 is 0. The largest absolute Gasteiger partial charge is 0.479 e. The molecule has 34 heavy (non-hydrogen) atoms. The number of fused-ring (bicyclic) bond motifs is 1. The topological polar surface area (TPSA) is 138 Å². The number of nitrogens with one attached hydrogen (secondary N) is 1. The number of carbonyl (C=O) groups excluding carboxylic acids is 1. The van der Waals surface area contributed by atoms with E-state index in [-0.39, 0.29) is 17.5 Å². The first-order valence-electron chi connectivity index (χ1n) is 10.7. The zero-order valence-corrected chi connectivity index (χ0v) is 18.4. The Morgan fingerprint density at radius 3 is 2.50 bits per heavy atom. The molecule has 0 saturated carbocycles. The number of carboxylic acids is 1. The summed E-state index contributed by atoms with van der Waals surface area (Å²) in [6.45, 7) is 2.03. The first-order chi connectivity index (χ1) is 16.3. The quantitative estimate of drug-likeness (QED) is 0.297. The Morgan fingerprint density at radius 1 is 1.03 bits per heavy atom. The lowest BCUT2D eigenvalue weighted by Gasteiger charge is -2.21. The van der Waals surface area contributed by atoms with E-state index in [0.29, 0.717) is 16.8 Å². The second kappa shape index (κ2) is 9.72. The molecule has 0 aliphatic heterocycles. The molecule has 0 spiro atoms. The maximum atomic E-state index is 12.9. The Hall–Kier alpha value is -4.24. The number of benzene rings is 3. The van der Waals surface area contributed by atoms with Gasteiger partial charge in [-0.3, -0.25) is 4.79 Å². The fourth-order valence-corrected chi connectivity index (χ4v) is 3.82. The number of aliphatic hydroxyl groups is 1. The van der Waals surface area contributed by atoms with E-state index in [9.17, 15) is 19.9 Å². The predicted octanol–water partition coefficient (Wildman–Crippen LogP) is 2.82. The lowest BCUT2D eigenvalue weighted by Crippen LogP contribution is -2.40. The van der Waals surface area contributed by atoms with Gasteiger partial charge in [-0.25, -0.2) is 4.79 Å². The summed E-state index contributed by atoms with van der Waals surface area (Å²) in [5.41, 5.74) is 5.10. The van der Waals surface area contributed by atoms with Crippen LogP contribution in [0.3, 0.4) is 0 Å². The van der Waals surface area contributed by atoms with Crippen molar-refractivity contribution < 1.29 is 25.0 Å². The molecule has 0 unspecified atom stereocenters. The molecule has 0 fully saturated rings. The third-order valence-electron chi connectivity index (χ3n) is 5.61. The highest BCUT2D eigenvalue weighted by molar-refractivity contribution is 5.97. The molecule has 0 bridgehead atoms. The predicted molar refractivity (Wildman–Crippen MR) is 125 cm³/mol. The third-order valence-corrected chi connectivity index (χ3v) is 5.61. The van der Waals surface area contributed by atoms with Crippen molar-refractivity contribution in [3.05, 3.63) is 83.4 Å². The Balaban J connectivity index is 1.52. The minimum absolute atomic E-state index is 0.164. The molecule has 1 heterocycles. The highest BCUT2D eigenvalue weighted by Gasteiger charge is 2.23. The van der Waals surface area contributed by atoms with E-state index in [2.05, 4.69) is 21.7 Å². The first kappa shape index (κ1) is 22.9. The van der Waals surface area contributed by atoms with Gasteiger partial charge in [-0.2, -0.15) is 0 Å². The number of hydrogen-bond acceptors (Lipinski definition) is 6. The number of hydrogen-bond donors (Lipinski definition) is 4. The number of aryl methyl sites for hydroxylation is 1. The Kier molecular flexibility index (Phi) is 6.55. The minimum Gasteiger partial charge on any atom is -0.479 e. The third kappa shape index (κ3) is 5.21.